The first-order valence-corrected chi connectivity index (χ1v) is 12.9. The molecule has 0 aliphatic rings. The van der Waals surface area contributed by atoms with Gasteiger partial charge in [-0.05, 0) is 42.5 Å². The number of nitro groups is 1. The van der Waals surface area contributed by atoms with Gasteiger partial charge in [-0.1, -0.05) is 58.7 Å². The lowest BCUT2D eigenvalue weighted by molar-refractivity contribution is -0.384. The molecule has 10 heteroatoms. The molecule has 0 fully saturated rings. The number of nitrogens with one attached hydrogen (secondary N) is 1. The molecule has 0 saturated heterocycles. The Balaban J connectivity index is 2.29. The molecule has 0 bridgehead atoms. The molecule has 0 aliphatic heterocycles. The Hall–Kier alpha value is -2.90. The van der Waals surface area contributed by atoms with Crippen molar-refractivity contribution in [3.05, 3.63) is 64.7 Å². The van der Waals surface area contributed by atoms with E-state index in [1.165, 1.54) is 24.3 Å². The van der Waals surface area contributed by atoms with Crippen LogP contribution in [0.5, 0.6) is 11.5 Å². The zero-order chi connectivity index (χ0) is 25.1. The van der Waals surface area contributed by atoms with Crippen molar-refractivity contribution in [2.75, 3.05) is 6.61 Å². The van der Waals surface area contributed by atoms with Gasteiger partial charge in [-0.25, -0.2) is 4.57 Å². The molecule has 0 aliphatic carbocycles. The highest BCUT2D eigenvalue weighted by molar-refractivity contribution is 7.52. The molecule has 2 aromatic carbocycles. The summed E-state index contributed by atoms with van der Waals surface area (Å²) in [5.41, 5.74) is -0.137. The van der Waals surface area contributed by atoms with E-state index in [9.17, 15) is 19.5 Å². The third-order valence-corrected chi connectivity index (χ3v) is 6.69. The number of carbonyl (C=O) groups excluding carboxylic acids is 1. The minimum absolute atomic E-state index is 0.0859. The average molecular weight is 493 g/mol. The van der Waals surface area contributed by atoms with Crippen LogP contribution in [0.3, 0.4) is 0 Å². The van der Waals surface area contributed by atoms with E-state index in [2.05, 4.69) is 5.09 Å². The lowest BCUT2D eigenvalue weighted by Crippen LogP contribution is -2.39. The third kappa shape index (κ3) is 8.80. The first kappa shape index (κ1) is 27.3. The lowest BCUT2D eigenvalue weighted by Gasteiger charge is -2.26. The Morgan fingerprint density at radius 2 is 1.56 bits per heavy atom. The number of nitrogens with zero attached hydrogens (tertiary/aromatic N) is 1. The van der Waals surface area contributed by atoms with Gasteiger partial charge in [0.15, 0.2) is 0 Å². The second-order valence-electron chi connectivity index (χ2n) is 8.37. The first-order chi connectivity index (χ1) is 16.2. The van der Waals surface area contributed by atoms with Crippen molar-refractivity contribution in [2.24, 2.45) is 11.8 Å². The molecule has 0 radical (unpaired) electrons. The summed E-state index contributed by atoms with van der Waals surface area (Å²) >= 11 is 0. The summed E-state index contributed by atoms with van der Waals surface area (Å²) < 4.78 is 30.7. The van der Waals surface area contributed by atoms with Crippen LogP contribution in [0.15, 0.2) is 54.6 Å². The second-order valence-corrected chi connectivity index (χ2v) is 9.99. The largest absolute Gasteiger partial charge is 0.513 e. The highest BCUT2D eigenvalue weighted by Gasteiger charge is 2.36. The van der Waals surface area contributed by atoms with Crippen molar-refractivity contribution >= 4 is 19.4 Å². The average Bonchev–Trinajstić information content (AvgIpc) is 2.79. The molecule has 2 rings (SSSR count). The topological polar surface area (TPSA) is 117 Å². The molecule has 0 amide bonds. The molecule has 1 N–H and O–H groups in total. The number of hydrogen-bond donors (Lipinski definition) is 1. The van der Waals surface area contributed by atoms with Crippen molar-refractivity contribution in [1.29, 1.82) is 0 Å². The zero-order valence-corrected chi connectivity index (χ0v) is 20.9. The number of benzene rings is 2. The van der Waals surface area contributed by atoms with Gasteiger partial charge in [0, 0.05) is 12.1 Å². The molecule has 2 unspecified atom stereocenters. The molecular weight excluding hydrogens is 459 g/mol. The molecule has 2 aromatic rings. The lowest BCUT2D eigenvalue weighted by atomic mass is 10.0. The van der Waals surface area contributed by atoms with Crippen molar-refractivity contribution < 1.29 is 28.1 Å². The number of ether oxygens (including phenoxy) is 1. The molecule has 2 atom stereocenters. The van der Waals surface area contributed by atoms with Crippen LogP contribution in [0.2, 0.25) is 0 Å². The minimum atomic E-state index is -4.15. The van der Waals surface area contributed by atoms with Gasteiger partial charge in [0.2, 0.25) is 0 Å². The second kappa shape index (κ2) is 13.1. The normalized spacial score (nSPS) is 13.8. The molecule has 0 saturated carbocycles. The van der Waals surface area contributed by atoms with E-state index in [1.54, 1.807) is 30.3 Å². The highest BCUT2D eigenvalue weighted by atomic mass is 31.2. The summed E-state index contributed by atoms with van der Waals surface area (Å²) in [5, 5.41) is 13.7. The van der Waals surface area contributed by atoms with Gasteiger partial charge in [-0.15, -0.1) is 0 Å². The fraction of sp³-hybridized carbons (Fsp3) is 0.458. The smallest absolute Gasteiger partial charge is 0.464 e. The number of carbonyl (C=O) groups is 1. The Kier molecular flexibility index (Phi) is 10.5. The van der Waals surface area contributed by atoms with E-state index in [0.29, 0.717) is 6.42 Å². The predicted molar refractivity (Wildman–Crippen MR) is 130 cm³/mol. The summed E-state index contributed by atoms with van der Waals surface area (Å²) in [7, 11) is -4.15. The Labute approximate surface area is 200 Å². The van der Waals surface area contributed by atoms with Gasteiger partial charge >= 0.3 is 13.7 Å². The molecule has 9 nitrogen and oxygen atoms in total. The Bertz CT molecular complexity index is 963. The van der Waals surface area contributed by atoms with E-state index < -0.39 is 24.7 Å². The summed E-state index contributed by atoms with van der Waals surface area (Å²) in [6.45, 7) is 8.21. The van der Waals surface area contributed by atoms with E-state index in [0.717, 1.165) is 12.8 Å². The molecular formula is C24H33N2O7P. The number of esters is 1. The first-order valence-electron chi connectivity index (χ1n) is 11.4. The maximum atomic E-state index is 13.8. The van der Waals surface area contributed by atoms with Gasteiger partial charge < -0.3 is 13.8 Å². The molecule has 0 spiro atoms. The number of non-ortho nitro benzene ring substituents is 1. The summed E-state index contributed by atoms with van der Waals surface area (Å²) in [6.07, 6.45) is 2.10. The van der Waals surface area contributed by atoms with Crippen LogP contribution in [-0.2, 0) is 14.1 Å². The van der Waals surface area contributed by atoms with E-state index in [4.69, 9.17) is 13.8 Å². The SMILES string of the molecule is CCC(CC)COC(=O)C(CC(C)C)NP(=O)(Oc1ccccc1)Oc1ccc([N+](=O)[O-])cc1. The summed E-state index contributed by atoms with van der Waals surface area (Å²) in [5.74, 6) is 0.153. The molecule has 0 aromatic heterocycles. The Morgan fingerprint density at radius 1 is 1.00 bits per heavy atom. The van der Waals surface area contributed by atoms with Gasteiger partial charge in [0.05, 0.1) is 11.5 Å². The van der Waals surface area contributed by atoms with Crippen LogP contribution >= 0.6 is 7.75 Å². The fourth-order valence-electron chi connectivity index (χ4n) is 3.15. The van der Waals surface area contributed by atoms with Crippen molar-refractivity contribution in [1.82, 2.24) is 5.09 Å². The maximum absolute atomic E-state index is 13.8. The van der Waals surface area contributed by atoms with Gasteiger partial charge in [0.25, 0.3) is 5.69 Å². The van der Waals surface area contributed by atoms with Gasteiger partial charge in [-0.3, -0.25) is 14.9 Å². The van der Waals surface area contributed by atoms with Crippen LogP contribution in [0, 0.1) is 22.0 Å². The Morgan fingerprint density at radius 3 is 2.06 bits per heavy atom. The number of hydrogen-bond acceptors (Lipinski definition) is 7. The zero-order valence-electron chi connectivity index (χ0n) is 20.0. The monoisotopic (exact) mass is 492 g/mol. The quantitative estimate of drug-likeness (QED) is 0.145. The van der Waals surface area contributed by atoms with Crippen LogP contribution in [0.25, 0.3) is 0 Å². The molecule has 0 heterocycles. The minimum Gasteiger partial charge on any atom is -0.464 e. The van der Waals surface area contributed by atoms with Crippen LogP contribution in [0.4, 0.5) is 5.69 Å². The standard InChI is InChI=1S/C24H33N2O7P/c1-5-19(6-2)17-31-24(27)23(16-18(3)4)25-34(30,32-21-10-8-7-9-11-21)33-22-14-12-20(13-15-22)26(28)29/h7-15,18-19,23H,5-6,16-17H2,1-4H3,(H,25,30). The third-order valence-electron chi connectivity index (χ3n) is 5.16. The predicted octanol–water partition coefficient (Wildman–Crippen LogP) is 6.14. The maximum Gasteiger partial charge on any atom is 0.513 e. The van der Waals surface area contributed by atoms with E-state index in [-0.39, 0.29) is 35.6 Å². The van der Waals surface area contributed by atoms with Crippen molar-refractivity contribution in [2.45, 2.75) is 53.0 Å². The van der Waals surface area contributed by atoms with E-state index in [1.807, 2.05) is 27.7 Å². The van der Waals surface area contributed by atoms with Gasteiger partial charge in [-0.2, -0.15) is 5.09 Å². The number of nitro benzene ring substituents is 1. The van der Waals surface area contributed by atoms with Crippen LogP contribution in [-0.4, -0.2) is 23.5 Å². The van der Waals surface area contributed by atoms with E-state index >= 15 is 0 Å². The van der Waals surface area contributed by atoms with Crippen LogP contribution < -0.4 is 14.1 Å². The fourth-order valence-corrected chi connectivity index (χ4v) is 4.68. The van der Waals surface area contributed by atoms with Crippen molar-refractivity contribution in [3.8, 4) is 11.5 Å². The van der Waals surface area contributed by atoms with Crippen molar-refractivity contribution in [3.63, 3.8) is 0 Å². The summed E-state index contributed by atoms with van der Waals surface area (Å²) in [6, 6.07) is 12.6. The van der Waals surface area contributed by atoms with Crippen LogP contribution in [0.1, 0.15) is 47.0 Å². The summed E-state index contributed by atoms with van der Waals surface area (Å²) in [4.78, 5) is 23.3. The number of para-hydroxylation sites is 1. The highest BCUT2D eigenvalue weighted by Crippen LogP contribution is 2.46. The number of rotatable bonds is 14. The van der Waals surface area contributed by atoms with Gasteiger partial charge in [0.1, 0.15) is 17.5 Å². The molecule has 34 heavy (non-hydrogen) atoms. The molecule has 186 valence electrons.